The number of benzene rings is 1. The number of furan rings is 1. The summed E-state index contributed by atoms with van der Waals surface area (Å²) in [6.45, 7) is 0.763. The van der Waals surface area contributed by atoms with Crippen LogP contribution in [0.25, 0.3) is 22.1 Å². The lowest BCUT2D eigenvalue weighted by molar-refractivity contribution is 0.315. The quantitative estimate of drug-likeness (QED) is 0.719. The fourth-order valence-corrected chi connectivity index (χ4v) is 3.39. The largest absolute Gasteiger partial charge is 0.448 e. The summed E-state index contributed by atoms with van der Waals surface area (Å²) in [5.41, 5.74) is 1.74. The molecule has 2 heterocycles. The van der Waals surface area contributed by atoms with Crippen molar-refractivity contribution in [3.05, 3.63) is 40.9 Å². The van der Waals surface area contributed by atoms with Crippen LogP contribution in [0.15, 0.2) is 39.8 Å². The van der Waals surface area contributed by atoms with Crippen molar-refractivity contribution in [3.8, 4) is 0 Å². The molecule has 0 bridgehead atoms. The van der Waals surface area contributed by atoms with Crippen molar-refractivity contribution in [1.29, 1.82) is 0 Å². The fraction of sp³-hybridized carbons (Fsp3) is 0.412. The summed E-state index contributed by atoms with van der Waals surface area (Å²) in [5, 5.41) is 0.911. The van der Waals surface area contributed by atoms with Crippen LogP contribution >= 0.6 is 0 Å². The summed E-state index contributed by atoms with van der Waals surface area (Å²) >= 11 is 0. The molecule has 1 aliphatic carbocycles. The third-order valence-electron chi connectivity index (χ3n) is 4.53. The molecule has 1 aromatic carbocycles. The van der Waals surface area contributed by atoms with Gasteiger partial charge >= 0.3 is 0 Å². The second-order valence-electron chi connectivity index (χ2n) is 5.98. The molecule has 21 heavy (non-hydrogen) atoms. The van der Waals surface area contributed by atoms with Gasteiger partial charge in [0.1, 0.15) is 11.1 Å². The Kier molecular flexibility index (Phi) is 3.02. The first kappa shape index (κ1) is 12.6. The molecule has 1 fully saturated rings. The highest BCUT2D eigenvalue weighted by Gasteiger charge is 2.17. The number of hydrogen-bond donors (Lipinski definition) is 0. The Labute approximate surface area is 122 Å². The van der Waals surface area contributed by atoms with Gasteiger partial charge in [0.05, 0.1) is 6.33 Å². The van der Waals surface area contributed by atoms with E-state index in [9.17, 15) is 4.79 Å². The Morgan fingerprint density at radius 1 is 1.19 bits per heavy atom. The highest BCUT2D eigenvalue weighted by Crippen LogP contribution is 2.26. The van der Waals surface area contributed by atoms with Gasteiger partial charge in [-0.3, -0.25) is 9.36 Å². The van der Waals surface area contributed by atoms with E-state index in [1.165, 1.54) is 32.1 Å². The summed E-state index contributed by atoms with van der Waals surface area (Å²) in [5.74, 6) is 0.597. The first-order chi connectivity index (χ1) is 10.3. The lowest BCUT2D eigenvalue weighted by Crippen LogP contribution is -2.25. The molecule has 1 aliphatic rings. The van der Waals surface area contributed by atoms with E-state index < -0.39 is 0 Å². The fourth-order valence-electron chi connectivity index (χ4n) is 3.39. The van der Waals surface area contributed by atoms with Gasteiger partial charge < -0.3 is 4.42 Å². The summed E-state index contributed by atoms with van der Waals surface area (Å²) in [7, 11) is 0. The van der Waals surface area contributed by atoms with Gasteiger partial charge in [0.15, 0.2) is 0 Å². The second-order valence-corrected chi connectivity index (χ2v) is 5.98. The molecule has 0 atom stereocenters. The predicted molar refractivity (Wildman–Crippen MR) is 82.4 cm³/mol. The van der Waals surface area contributed by atoms with Crippen LogP contribution in [0.4, 0.5) is 0 Å². The van der Waals surface area contributed by atoms with E-state index in [0.29, 0.717) is 17.0 Å². The smallest absolute Gasteiger partial charge is 0.297 e. The lowest BCUT2D eigenvalue weighted by Gasteiger charge is -2.21. The molecule has 0 aliphatic heterocycles. The third kappa shape index (κ3) is 2.15. The summed E-state index contributed by atoms with van der Waals surface area (Å²) < 4.78 is 7.44. The number of para-hydroxylation sites is 1. The Bertz CT molecular complexity index is 841. The Balaban J connectivity index is 1.78. The van der Waals surface area contributed by atoms with Gasteiger partial charge in [-0.25, -0.2) is 4.98 Å². The van der Waals surface area contributed by atoms with E-state index in [1.807, 2.05) is 24.3 Å². The highest BCUT2D eigenvalue weighted by molar-refractivity contribution is 6.01. The minimum Gasteiger partial charge on any atom is -0.448 e. The molecular formula is C17H18N2O2. The maximum Gasteiger partial charge on any atom is 0.297 e. The molecule has 2 aromatic heterocycles. The van der Waals surface area contributed by atoms with E-state index in [0.717, 1.165) is 17.5 Å². The zero-order valence-electron chi connectivity index (χ0n) is 11.9. The average Bonchev–Trinajstić information content (AvgIpc) is 2.91. The molecule has 0 unspecified atom stereocenters. The van der Waals surface area contributed by atoms with Gasteiger partial charge in [0, 0.05) is 11.9 Å². The van der Waals surface area contributed by atoms with Gasteiger partial charge in [0.25, 0.3) is 5.56 Å². The minimum absolute atomic E-state index is 0.0539. The molecule has 0 spiro atoms. The first-order valence-corrected chi connectivity index (χ1v) is 7.69. The van der Waals surface area contributed by atoms with Crippen LogP contribution in [0.2, 0.25) is 0 Å². The minimum atomic E-state index is -0.0539. The van der Waals surface area contributed by atoms with Gasteiger partial charge in [-0.05, 0) is 30.9 Å². The number of nitrogens with zero attached hydrogens (tertiary/aromatic N) is 2. The van der Waals surface area contributed by atoms with Crippen LogP contribution in [-0.2, 0) is 6.54 Å². The van der Waals surface area contributed by atoms with Gasteiger partial charge in [-0.15, -0.1) is 0 Å². The molecule has 4 nitrogen and oxygen atoms in total. The SMILES string of the molecule is O=c1c2oc3ccccc3c2ncn1CC1CCCCC1. The second kappa shape index (κ2) is 5.02. The Hall–Kier alpha value is -2.10. The topological polar surface area (TPSA) is 48.0 Å². The maximum atomic E-state index is 12.6. The van der Waals surface area contributed by atoms with Crippen molar-refractivity contribution in [2.45, 2.75) is 38.6 Å². The normalized spacial score (nSPS) is 16.8. The first-order valence-electron chi connectivity index (χ1n) is 7.69. The van der Waals surface area contributed by atoms with E-state index in [1.54, 1.807) is 10.9 Å². The Morgan fingerprint density at radius 3 is 2.86 bits per heavy atom. The predicted octanol–water partition coefficient (Wildman–Crippen LogP) is 3.72. The molecule has 0 radical (unpaired) electrons. The number of hydrogen-bond acceptors (Lipinski definition) is 3. The standard InChI is InChI=1S/C17H18N2O2/c20-17-16-15(13-8-4-5-9-14(13)21-16)18-11-19(17)10-12-6-2-1-3-7-12/h4-5,8-9,11-12H,1-3,6-7,10H2. The summed E-state index contributed by atoms with van der Waals surface area (Å²) in [6, 6.07) is 7.67. The molecule has 108 valence electrons. The third-order valence-corrected chi connectivity index (χ3v) is 4.53. The molecule has 4 heteroatoms. The summed E-state index contributed by atoms with van der Waals surface area (Å²) in [4.78, 5) is 17.1. The number of rotatable bonds is 2. The van der Waals surface area contributed by atoms with Crippen molar-refractivity contribution in [1.82, 2.24) is 9.55 Å². The molecule has 0 amide bonds. The monoisotopic (exact) mass is 282 g/mol. The van der Waals surface area contributed by atoms with Crippen LogP contribution < -0.4 is 5.56 Å². The van der Waals surface area contributed by atoms with Crippen molar-refractivity contribution >= 4 is 22.1 Å². The number of aromatic nitrogens is 2. The molecule has 3 aromatic rings. The molecule has 1 saturated carbocycles. The van der Waals surface area contributed by atoms with Crippen LogP contribution in [0.1, 0.15) is 32.1 Å². The molecule has 0 N–H and O–H groups in total. The average molecular weight is 282 g/mol. The zero-order valence-corrected chi connectivity index (χ0v) is 11.9. The van der Waals surface area contributed by atoms with Crippen molar-refractivity contribution in [2.75, 3.05) is 0 Å². The van der Waals surface area contributed by atoms with Gasteiger partial charge in [-0.1, -0.05) is 31.4 Å². The van der Waals surface area contributed by atoms with E-state index >= 15 is 0 Å². The van der Waals surface area contributed by atoms with Crippen LogP contribution in [0.5, 0.6) is 0 Å². The van der Waals surface area contributed by atoms with E-state index in [2.05, 4.69) is 4.98 Å². The van der Waals surface area contributed by atoms with E-state index in [4.69, 9.17) is 4.42 Å². The molecular weight excluding hydrogens is 264 g/mol. The van der Waals surface area contributed by atoms with Crippen LogP contribution in [0.3, 0.4) is 0 Å². The lowest BCUT2D eigenvalue weighted by atomic mass is 9.89. The maximum absolute atomic E-state index is 12.6. The molecule has 0 saturated heterocycles. The zero-order chi connectivity index (χ0) is 14.2. The van der Waals surface area contributed by atoms with Crippen LogP contribution in [0, 0.1) is 5.92 Å². The van der Waals surface area contributed by atoms with Crippen molar-refractivity contribution in [3.63, 3.8) is 0 Å². The van der Waals surface area contributed by atoms with Crippen molar-refractivity contribution in [2.24, 2.45) is 5.92 Å². The molecule has 4 rings (SSSR count). The van der Waals surface area contributed by atoms with Crippen LogP contribution in [-0.4, -0.2) is 9.55 Å². The number of fused-ring (bicyclic) bond motifs is 3. The highest BCUT2D eigenvalue weighted by atomic mass is 16.3. The summed E-state index contributed by atoms with van der Waals surface area (Å²) in [6.07, 6.45) is 7.99. The Morgan fingerprint density at radius 2 is 2.00 bits per heavy atom. The van der Waals surface area contributed by atoms with Gasteiger partial charge in [0.2, 0.25) is 5.58 Å². The van der Waals surface area contributed by atoms with Gasteiger partial charge in [-0.2, -0.15) is 0 Å². The van der Waals surface area contributed by atoms with E-state index in [-0.39, 0.29) is 5.56 Å². The van der Waals surface area contributed by atoms with Crippen molar-refractivity contribution < 1.29 is 4.42 Å².